The summed E-state index contributed by atoms with van der Waals surface area (Å²) in [5.74, 6) is -0.281. The Balaban J connectivity index is 1.79. The fourth-order valence-electron chi connectivity index (χ4n) is 3.32. The van der Waals surface area contributed by atoms with E-state index in [2.05, 4.69) is 5.32 Å². The Morgan fingerprint density at radius 2 is 1.81 bits per heavy atom. The average molecular weight is 434 g/mol. The van der Waals surface area contributed by atoms with Crippen molar-refractivity contribution in [3.8, 4) is 0 Å². The average Bonchev–Trinajstić information content (AvgIpc) is 3.16. The van der Waals surface area contributed by atoms with E-state index < -0.39 is 11.7 Å². The molecular weight excluding hydrogens is 409 g/mol. The van der Waals surface area contributed by atoms with Crippen LogP contribution in [0.25, 0.3) is 0 Å². The quantitative estimate of drug-likeness (QED) is 0.727. The predicted octanol–water partition coefficient (Wildman–Crippen LogP) is 3.44. The van der Waals surface area contributed by atoms with Crippen molar-refractivity contribution in [2.75, 3.05) is 45.2 Å². The van der Waals surface area contributed by atoms with Gasteiger partial charge in [-0.05, 0) is 56.1 Å². The van der Waals surface area contributed by atoms with Gasteiger partial charge in [-0.2, -0.15) is 13.2 Å². The van der Waals surface area contributed by atoms with Crippen molar-refractivity contribution < 1.29 is 22.8 Å². The van der Waals surface area contributed by atoms with E-state index in [4.69, 9.17) is 0 Å². The molecule has 2 aromatic rings. The molecule has 0 radical (unpaired) electrons. The zero-order chi connectivity index (χ0) is 22.6. The standard InChI is InChI=1S/C22H25F3N4O2/c1-27(2)12-13-28(15-16-4-3-5-18(14-16)22(23,24)25)20(30)17-6-8-19(9-7-17)29-11-10-26-21(29)31/h3-9,14H,10-13,15H2,1-2H3,(H,26,31). The third-order valence-electron chi connectivity index (χ3n) is 5.01. The normalized spacial score (nSPS) is 14.1. The van der Waals surface area contributed by atoms with Crippen molar-refractivity contribution >= 4 is 17.6 Å². The Morgan fingerprint density at radius 3 is 2.39 bits per heavy atom. The molecule has 0 aromatic heterocycles. The van der Waals surface area contributed by atoms with Crippen LogP contribution in [0.4, 0.5) is 23.7 Å². The monoisotopic (exact) mass is 434 g/mol. The van der Waals surface area contributed by atoms with Crippen LogP contribution in [0.5, 0.6) is 0 Å². The molecule has 2 aromatic carbocycles. The number of amides is 3. The predicted molar refractivity (Wildman–Crippen MR) is 112 cm³/mol. The summed E-state index contributed by atoms with van der Waals surface area (Å²) in [5.41, 5.74) is 0.767. The summed E-state index contributed by atoms with van der Waals surface area (Å²) in [7, 11) is 3.73. The number of hydrogen-bond donors (Lipinski definition) is 1. The molecule has 0 saturated carbocycles. The van der Waals surface area contributed by atoms with Gasteiger partial charge in [-0.3, -0.25) is 9.69 Å². The van der Waals surface area contributed by atoms with Crippen LogP contribution in [0.15, 0.2) is 48.5 Å². The summed E-state index contributed by atoms with van der Waals surface area (Å²) in [6.07, 6.45) is -4.44. The summed E-state index contributed by atoms with van der Waals surface area (Å²) in [5, 5.41) is 2.72. The lowest BCUT2D eigenvalue weighted by Crippen LogP contribution is -2.36. The first-order valence-electron chi connectivity index (χ1n) is 9.91. The van der Waals surface area contributed by atoms with Gasteiger partial charge in [0.15, 0.2) is 0 Å². The highest BCUT2D eigenvalue weighted by Crippen LogP contribution is 2.30. The molecule has 1 aliphatic rings. The third kappa shape index (κ3) is 5.75. The topological polar surface area (TPSA) is 55.9 Å². The van der Waals surface area contributed by atoms with Gasteiger partial charge in [-0.1, -0.05) is 12.1 Å². The highest BCUT2D eigenvalue weighted by molar-refractivity contribution is 5.97. The van der Waals surface area contributed by atoms with Crippen LogP contribution in [0, 0.1) is 0 Å². The van der Waals surface area contributed by atoms with Crippen LogP contribution in [-0.2, 0) is 12.7 Å². The van der Waals surface area contributed by atoms with Crippen molar-refractivity contribution in [2.24, 2.45) is 0 Å². The van der Waals surface area contributed by atoms with E-state index >= 15 is 0 Å². The SMILES string of the molecule is CN(C)CCN(Cc1cccc(C(F)(F)F)c1)C(=O)c1ccc(N2CCNC2=O)cc1. The molecule has 6 nitrogen and oxygen atoms in total. The lowest BCUT2D eigenvalue weighted by Gasteiger charge is -2.25. The highest BCUT2D eigenvalue weighted by atomic mass is 19.4. The van der Waals surface area contributed by atoms with E-state index in [1.54, 1.807) is 35.2 Å². The summed E-state index contributed by atoms with van der Waals surface area (Å²) < 4.78 is 39.2. The summed E-state index contributed by atoms with van der Waals surface area (Å²) in [6, 6.07) is 11.5. The zero-order valence-electron chi connectivity index (χ0n) is 17.4. The van der Waals surface area contributed by atoms with Crippen LogP contribution < -0.4 is 10.2 Å². The molecule has 31 heavy (non-hydrogen) atoms. The minimum absolute atomic E-state index is 0.0624. The minimum Gasteiger partial charge on any atom is -0.336 e. The molecule has 1 N–H and O–H groups in total. The summed E-state index contributed by atoms with van der Waals surface area (Å²) in [4.78, 5) is 30.0. The fourth-order valence-corrected chi connectivity index (χ4v) is 3.32. The maximum Gasteiger partial charge on any atom is 0.416 e. The van der Waals surface area contributed by atoms with E-state index in [-0.39, 0.29) is 18.5 Å². The first-order valence-corrected chi connectivity index (χ1v) is 9.91. The second-order valence-electron chi connectivity index (χ2n) is 7.66. The highest BCUT2D eigenvalue weighted by Gasteiger charge is 2.30. The van der Waals surface area contributed by atoms with Gasteiger partial charge in [0.05, 0.1) is 5.56 Å². The maximum absolute atomic E-state index is 13.1. The van der Waals surface area contributed by atoms with Crippen molar-refractivity contribution in [1.82, 2.24) is 15.1 Å². The number of likely N-dealkylation sites (N-methyl/N-ethyl adjacent to an activating group) is 1. The molecule has 1 aliphatic heterocycles. The summed E-state index contributed by atoms with van der Waals surface area (Å²) in [6.45, 7) is 2.10. The van der Waals surface area contributed by atoms with E-state index in [0.29, 0.717) is 43.0 Å². The molecule has 1 heterocycles. The molecular formula is C22H25F3N4O2. The molecule has 0 atom stereocenters. The van der Waals surface area contributed by atoms with Gasteiger partial charge in [0.2, 0.25) is 0 Å². The summed E-state index contributed by atoms with van der Waals surface area (Å²) >= 11 is 0. The van der Waals surface area contributed by atoms with Crippen molar-refractivity contribution in [1.29, 1.82) is 0 Å². The fraction of sp³-hybridized carbons (Fsp3) is 0.364. The van der Waals surface area contributed by atoms with Crippen molar-refractivity contribution in [3.05, 3.63) is 65.2 Å². The number of carbonyl (C=O) groups excluding carboxylic acids is 2. The molecule has 1 fully saturated rings. The molecule has 166 valence electrons. The minimum atomic E-state index is -4.44. The number of nitrogens with zero attached hydrogens (tertiary/aromatic N) is 3. The first kappa shape index (κ1) is 22.6. The Labute approximate surface area is 179 Å². The van der Waals surface area contributed by atoms with Gasteiger partial charge in [0.1, 0.15) is 0 Å². The molecule has 0 unspecified atom stereocenters. The Morgan fingerprint density at radius 1 is 1.10 bits per heavy atom. The van der Waals surface area contributed by atoms with Crippen LogP contribution >= 0.6 is 0 Å². The number of benzene rings is 2. The van der Waals surface area contributed by atoms with Gasteiger partial charge < -0.3 is 15.1 Å². The maximum atomic E-state index is 13.1. The molecule has 0 bridgehead atoms. The second-order valence-corrected chi connectivity index (χ2v) is 7.66. The van der Waals surface area contributed by atoms with Gasteiger partial charge >= 0.3 is 12.2 Å². The van der Waals surface area contributed by atoms with E-state index in [1.807, 2.05) is 19.0 Å². The smallest absolute Gasteiger partial charge is 0.336 e. The van der Waals surface area contributed by atoms with Crippen LogP contribution in [0.1, 0.15) is 21.5 Å². The number of hydrogen-bond acceptors (Lipinski definition) is 3. The lowest BCUT2D eigenvalue weighted by molar-refractivity contribution is -0.137. The second kappa shape index (κ2) is 9.38. The zero-order valence-corrected chi connectivity index (χ0v) is 17.4. The first-order chi connectivity index (χ1) is 14.6. The number of anilines is 1. The number of carbonyl (C=O) groups is 2. The van der Waals surface area contributed by atoms with E-state index in [0.717, 1.165) is 12.1 Å². The Hall–Kier alpha value is -3.07. The number of rotatable bonds is 7. The van der Waals surface area contributed by atoms with Crippen molar-refractivity contribution in [3.63, 3.8) is 0 Å². The largest absolute Gasteiger partial charge is 0.416 e. The molecule has 0 spiro atoms. The van der Waals surface area contributed by atoms with Gasteiger partial charge in [-0.25, -0.2) is 4.79 Å². The Kier molecular flexibility index (Phi) is 6.84. The number of nitrogens with one attached hydrogen (secondary N) is 1. The van der Waals surface area contributed by atoms with Gasteiger partial charge in [0, 0.05) is 44.0 Å². The van der Waals surface area contributed by atoms with Crippen molar-refractivity contribution in [2.45, 2.75) is 12.7 Å². The molecule has 9 heteroatoms. The lowest BCUT2D eigenvalue weighted by atomic mass is 10.1. The third-order valence-corrected chi connectivity index (χ3v) is 5.01. The van der Waals surface area contributed by atoms with E-state index in [1.165, 1.54) is 11.0 Å². The van der Waals surface area contributed by atoms with Gasteiger partial charge in [0.25, 0.3) is 5.91 Å². The van der Waals surface area contributed by atoms with Gasteiger partial charge in [-0.15, -0.1) is 0 Å². The Bertz CT molecular complexity index is 929. The molecule has 1 saturated heterocycles. The van der Waals surface area contributed by atoms with E-state index in [9.17, 15) is 22.8 Å². The van der Waals surface area contributed by atoms with Crippen LogP contribution in [0.3, 0.4) is 0 Å². The van der Waals surface area contributed by atoms with Crippen LogP contribution in [0.2, 0.25) is 0 Å². The van der Waals surface area contributed by atoms with Crippen LogP contribution in [-0.4, -0.2) is 62.0 Å². The molecule has 0 aliphatic carbocycles. The number of halogens is 3. The molecule has 3 rings (SSSR count). The number of urea groups is 1. The molecule has 3 amide bonds. The number of alkyl halides is 3.